The standard InChI is InChI=1S/C18H25NO4S.C12H18O6S/c1-13(2)17(20)22-9-10-23-18(21)14(3)12-24-11-8-15-4-6-16(19)7-5-15;1-8(2)11(15)17-4-5-18-12(16)9(3)6-19-7-10(13)14/h4-7,14H,1,8-12,19H2,2-3H3;9H,1,4-7H2,2-3H3,(H,13,14). The van der Waals surface area contributed by atoms with E-state index in [0.717, 1.165) is 29.6 Å². The lowest BCUT2D eigenvalue weighted by Gasteiger charge is -2.11. The van der Waals surface area contributed by atoms with E-state index in [9.17, 15) is 24.0 Å². The zero-order valence-electron chi connectivity index (χ0n) is 25.3. The van der Waals surface area contributed by atoms with Crippen LogP contribution in [-0.2, 0) is 49.3 Å². The molecule has 0 bridgehead atoms. The number of hydrogen-bond donors (Lipinski definition) is 2. The Morgan fingerprint density at radius 2 is 1.19 bits per heavy atom. The first-order valence-corrected chi connectivity index (χ1v) is 15.8. The van der Waals surface area contributed by atoms with Crippen molar-refractivity contribution in [2.45, 2.75) is 34.1 Å². The molecule has 3 N–H and O–H groups in total. The first-order valence-electron chi connectivity index (χ1n) is 13.4. The Balaban J connectivity index is 0.000000846. The highest BCUT2D eigenvalue weighted by Crippen LogP contribution is 2.14. The number of carboxylic acids is 1. The fourth-order valence-corrected chi connectivity index (χ4v) is 4.50. The fourth-order valence-electron chi connectivity index (χ4n) is 2.68. The highest BCUT2D eigenvalue weighted by Gasteiger charge is 2.16. The molecule has 1 aromatic carbocycles. The summed E-state index contributed by atoms with van der Waals surface area (Å²) in [7, 11) is 0. The largest absolute Gasteiger partial charge is 0.481 e. The lowest BCUT2D eigenvalue weighted by Crippen LogP contribution is -2.20. The molecule has 0 heterocycles. The summed E-state index contributed by atoms with van der Waals surface area (Å²) in [6.07, 6.45) is 0.934. The zero-order chi connectivity index (χ0) is 32.8. The molecular formula is C30H43NO10S2. The SMILES string of the molecule is C=C(C)C(=O)OCCOC(=O)C(C)CSCC(=O)O.C=C(C)C(=O)OCCOC(=O)C(C)CSCCc1ccc(N)cc1. The number of nitrogens with two attached hydrogens (primary N) is 1. The zero-order valence-corrected chi connectivity index (χ0v) is 26.9. The molecule has 240 valence electrons. The molecule has 0 aliphatic carbocycles. The van der Waals surface area contributed by atoms with Gasteiger partial charge in [-0.2, -0.15) is 11.8 Å². The summed E-state index contributed by atoms with van der Waals surface area (Å²) in [6, 6.07) is 7.81. The van der Waals surface area contributed by atoms with Crippen molar-refractivity contribution >= 4 is 59.1 Å². The van der Waals surface area contributed by atoms with E-state index in [-0.39, 0.29) is 49.6 Å². The number of carbonyl (C=O) groups is 5. The van der Waals surface area contributed by atoms with E-state index in [1.54, 1.807) is 25.6 Å². The first kappa shape index (κ1) is 39.5. The number of carbonyl (C=O) groups excluding carboxylic acids is 4. The van der Waals surface area contributed by atoms with Gasteiger partial charge in [-0.15, -0.1) is 11.8 Å². The average molecular weight is 642 g/mol. The lowest BCUT2D eigenvalue weighted by atomic mass is 10.2. The molecule has 0 fully saturated rings. The molecule has 13 heteroatoms. The third-order valence-electron chi connectivity index (χ3n) is 5.10. The van der Waals surface area contributed by atoms with Crippen LogP contribution in [0.15, 0.2) is 48.6 Å². The van der Waals surface area contributed by atoms with Gasteiger partial charge in [0.05, 0.1) is 17.6 Å². The number of esters is 4. The van der Waals surface area contributed by atoms with Gasteiger partial charge in [-0.05, 0) is 43.7 Å². The van der Waals surface area contributed by atoms with Crippen molar-refractivity contribution in [2.24, 2.45) is 11.8 Å². The van der Waals surface area contributed by atoms with Crippen LogP contribution in [0.1, 0.15) is 33.3 Å². The van der Waals surface area contributed by atoms with Gasteiger partial charge in [0.1, 0.15) is 26.4 Å². The van der Waals surface area contributed by atoms with Gasteiger partial charge in [-0.1, -0.05) is 39.1 Å². The second-order valence-corrected chi connectivity index (χ2v) is 11.6. The van der Waals surface area contributed by atoms with Crippen LogP contribution < -0.4 is 5.73 Å². The van der Waals surface area contributed by atoms with Crippen molar-refractivity contribution in [1.82, 2.24) is 0 Å². The Kier molecular flexibility index (Phi) is 21.2. The Morgan fingerprint density at radius 3 is 1.60 bits per heavy atom. The van der Waals surface area contributed by atoms with E-state index in [0.29, 0.717) is 17.1 Å². The van der Waals surface area contributed by atoms with Crippen LogP contribution >= 0.6 is 23.5 Å². The Bertz CT molecular complexity index is 1080. The molecule has 11 nitrogen and oxygen atoms in total. The van der Waals surface area contributed by atoms with E-state index >= 15 is 0 Å². The van der Waals surface area contributed by atoms with Crippen molar-refractivity contribution in [3.05, 3.63) is 54.1 Å². The fraction of sp³-hybridized carbons (Fsp3) is 0.500. The van der Waals surface area contributed by atoms with Crippen molar-refractivity contribution in [1.29, 1.82) is 0 Å². The Hall–Kier alpha value is -3.45. The van der Waals surface area contributed by atoms with Gasteiger partial charge in [0.25, 0.3) is 0 Å². The van der Waals surface area contributed by atoms with Crippen molar-refractivity contribution in [3.8, 4) is 0 Å². The third kappa shape index (κ3) is 21.0. The van der Waals surface area contributed by atoms with Crippen LogP contribution in [0.3, 0.4) is 0 Å². The molecule has 2 atom stereocenters. The van der Waals surface area contributed by atoms with Crippen LogP contribution in [0.25, 0.3) is 0 Å². The minimum Gasteiger partial charge on any atom is -0.481 e. The van der Waals surface area contributed by atoms with E-state index in [1.165, 1.54) is 12.5 Å². The van der Waals surface area contributed by atoms with Gasteiger partial charge in [0.2, 0.25) is 0 Å². The number of aryl methyl sites for hydroxylation is 1. The van der Waals surface area contributed by atoms with Gasteiger partial charge in [0.15, 0.2) is 0 Å². The molecule has 0 saturated heterocycles. The number of aliphatic carboxylic acids is 1. The topological polar surface area (TPSA) is 169 Å². The number of rotatable bonds is 19. The molecule has 0 aliphatic heterocycles. The molecular weight excluding hydrogens is 598 g/mol. The predicted octanol–water partition coefficient (Wildman–Crippen LogP) is 3.95. The number of anilines is 1. The maximum absolute atomic E-state index is 11.8. The Labute approximate surface area is 261 Å². The van der Waals surface area contributed by atoms with Gasteiger partial charge < -0.3 is 29.8 Å². The molecule has 2 unspecified atom stereocenters. The summed E-state index contributed by atoms with van der Waals surface area (Å²) in [5, 5.41) is 8.44. The van der Waals surface area contributed by atoms with Crippen LogP contribution in [0.5, 0.6) is 0 Å². The number of thioether (sulfide) groups is 2. The van der Waals surface area contributed by atoms with Crippen molar-refractivity contribution < 1.29 is 48.0 Å². The number of hydrogen-bond acceptors (Lipinski definition) is 12. The average Bonchev–Trinajstić information content (AvgIpc) is 2.95. The molecule has 0 aliphatic rings. The number of carboxylic acid groups (broad SMARTS) is 1. The summed E-state index contributed by atoms with van der Waals surface area (Å²) in [6.45, 7) is 13.5. The summed E-state index contributed by atoms with van der Waals surface area (Å²) >= 11 is 2.86. The Morgan fingerprint density at radius 1 is 0.767 bits per heavy atom. The molecule has 1 rings (SSSR count). The van der Waals surface area contributed by atoms with Crippen LogP contribution in [0, 0.1) is 11.8 Å². The molecule has 43 heavy (non-hydrogen) atoms. The van der Waals surface area contributed by atoms with Gasteiger partial charge in [-0.3, -0.25) is 14.4 Å². The molecule has 0 amide bonds. The van der Waals surface area contributed by atoms with E-state index in [1.807, 2.05) is 31.2 Å². The highest BCUT2D eigenvalue weighted by molar-refractivity contribution is 8.00. The normalized spacial score (nSPS) is 11.5. The quantitative estimate of drug-likeness (QED) is 0.0733. The van der Waals surface area contributed by atoms with E-state index in [4.69, 9.17) is 29.8 Å². The predicted molar refractivity (Wildman–Crippen MR) is 169 cm³/mol. The molecule has 0 radical (unpaired) electrons. The van der Waals surface area contributed by atoms with Crippen LogP contribution in [-0.4, -0.2) is 84.4 Å². The summed E-state index contributed by atoms with van der Waals surface area (Å²) in [4.78, 5) is 55.7. The summed E-state index contributed by atoms with van der Waals surface area (Å²) in [5.74, 6) is -1.29. The van der Waals surface area contributed by atoms with Crippen LogP contribution in [0.4, 0.5) is 5.69 Å². The molecule has 0 aromatic heterocycles. The first-order chi connectivity index (χ1) is 20.2. The molecule has 0 spiro atoms. The maximum atomic E-state index is 11.8. The van der Waals surface area contributed by atoms with E-state index < -0.39 is 29.8 Å². The van der Waals surface area contributed by atoms with E-state index in [2.05, 4.69) is 13.2 Å². The number of ether oxygens (including phenoxy) is 4. The number of benzene rings is 1. The third-order valence-corrected chi connectivity index (χ3v) is 7.51. The molecule has 0 saturated carbocycles. The summed E-state index contributed by atoms with van der Waals surface area (Å²) < 4.78 is 19.6. The monoisotopic (exact) mass is 641 g/mol. The van der Waals surface area contributed by atoms with Crippen LogP contribution in [0.2, 0.25) is 0 Å². The second-order valence-electron chi connectivity index (χ2n) is 9.44. The number of nitrogen functional groups attached to an aromatic ring is 1. The van der Waals surface area contributed by atoms with Gasteiger partial charge in [0, 0.05) is 28.3 Å². The molecule has 1 aromatic rings. The minimum absolute atomic E-state index is 0.0214. The van der Waals surface area contributed by atoms with Crippen molar-refractivity contribution in [3.63, 3.8) is 0 Å². The highest BCUT2D eigenvalue weighted by atomic mass is 32.2. The van der Waals surface area contributed by atoms with Gasteiger partial charge >= 0.3 is 29.8 Å². The smallest absolute Gasteiger partial charge is 0.333 e. The second kappa shape index (κ2) is 23.1. The maximum Gasteiger partial charge on any atom is 0.333 e. The lowest BCUT2D eigenvalue weighted by molar-refractivity contribution is -0.152. The summed E-state index contributed by atoms with van der Waals surface area (Å²) in [5.41, 5.74) is 8.24. The van der Waals surface area contributed by atoms with Gasteiger partial charge in [-0.25, -0.2) is 9.59 Å². The minimum atomic E-state index is -0.919. The van der Waals surface area contributed by atoms with Crippen molar-refractivity contribution in [2.75, 3.05) is 55.2 Å².